The SMILES string of the molecule is Cc1cc(Br)c2nccc(N3CCNCC3)c2c1. The van der Waals surface area contributed by atoms with Gasteiger partial charge in [-0.1, -0.05) is 0 Å². The Labute approximate surface area is 115 Å². The van der Waals surface area contributed by atoms with Crippen molar-refractivity contribution in [3.63, 3.8) is 0 Å². The van der Waals surface area contributed by atoms with Crippen molar-refractivity contribution in [2.24, 2.45) is 0 Å². The van der Waals surface area contributed by atoms with Crippen LogP contribution in [0.5, 0.6) is 0 Å². The fourth-order valence-electron chi connectivity index (χ4n) is 2.51. The zero-order valence-corrected chi connectivity index (χ0v) is 12.0. The molecule has 94 valence electrons. The Hall–Kier alpha value is -1.13. The molecule has 0 spiro atoms. The Morgan fingerprint density at radius 2 is 2.06 bits per heavy atom. The van der Waals surface area contributed by atoms with E-state index in [1.165, 1.54) is 16.6 Å². The highest BCUT2D eigenvalue weighted by atomic mass is 79.9. The fraction of sp³-hybridized carbons (Fsp3) is 0.357. The van der Waals surface area contributed by atoms with Crippen LogP contribution in [-0.4, -0.2) is 31.2 Å². The number of hydrogen-bond acceptors (Lipinski definition) is 3. The van der Waals surface area contributed by atoms with Gasteiger partial charge in [-0.05, 0) is 46.6 Å². The summed E-state index contributed by atoms with van der Waals surface area (Å²) in [6.45, 7) is 6.35. The molecule has 1 aromatic carbocycles. The van der Waals surface area contributed by atoms with Crippen molar-refractivity contribution in [2.75, 3.05) is 31.1 Å². The summed E-state index contributed by atoms with van der Waals surface area (Å²) in [4.78, 5) is 6.93. The molecule has 1 N–H and O–H groups in total. The Kier molecular flexibility index (Phi) is 3.22. The van der Waals surface area contributed by atoms with E-state index in [1.807, 2.05) is 6.20 Å². The molecule has 1 aliphatic rings. The standard InChI is InChI=1S/C14H16BrN3/c1-10-8-11-13(18-6-4-16-5-7-18)2-3-17-14(11)12(15)9-10/h2-3,8-9,16H,4-7H2,1H3. The number of benzene rings is 1. The van der Waals surface area contributed by atoms with Gasteiger partial charge in [-0.25, -0.2) is 0 Å². The maximum atomic E-state index is 4.49. The number of piperazine rings is 1. The number of nitrogens with zero attached hydrogens (tertiary/aromatic N) is 2. The lowest BCUT2D eigenvalue weighted by molar-refractivity contribution is 0.590. The van der Waals surface area contributed by atoms with Crippen LogP contribution in [0.1, 0.15) is 5.56 Å². The van der Waals surface area contributed by atoms with E-state index in [1.54, 1.807) is 0 Å². The third kappa shape index (κ3) is 2.10. The highest BCUT2D eigenvalue weighted by molar-refractivity contribution is 9.10. The molecule has 0 radical (unpaired) electrons. The first kappa shape index (κ1) is 11.9. The Morgan fingerprint density at radius 1 is 1.28 bits per heavy atom. The van der Waals surface area contributed by atoms with E-state index < -0.39 is 0 Å². The van der Waals surface area contributed by atoms with Crippen molar-refractivity contribution in [1.82, 2.24) is 10.3 Å². The number of aryl methyl sites for hydroxylation is 1. The molecule has 2 aromatic rings. The maximum Gasteiger partial charge on any atom is 0.0864 e. The third-order valence-electron chi connectivity index (χ3n) is 3.38. The van der Waals surface area contributed by atoms with Gasteiger partial charge >= 0.3 is 0 Å². The molecule has 0 bridgehead atoms. The van der Waals surface area contributed by atoms with Crippen LogP contribution in [0.4, 0.5) is 5.69 Å². The number of halogens is 1. The predicted molar refractivity (Wildman–Crippen MR) is 79.3 cm³/mol. The molecular weight excluding hydrogens is 290 g/mol. The van der Waals surface area contributed by atoms with Crippen LogP contribution in [0.25, 0.3) is 10.9 Å². The summed E-state index contributed by atoms with van der Waals surface area (Å²) in [5.41, 5.74) is 3.61. The van der Waals surface area contributed by atoms with E-state index in [0.717, 1.165) is 36.2 Å². The molecule has 3 nitrogen and oxygen atoms in total. The molecule has 0 unspecified atom stereocenters. The number of fused-ring (bicyclic) bond motifs is 1. The minimum Gasteiger partial charge on any atom is -0.368 e. The highest BCUT2D eigenvalue weighted by Gasteiger charge is 2.14. The highest BCUT2D eigenvalue weighted by Crippen LogP contribution is 2.31. The largest absolute Gasteiger partial charge is 0.368 e. The first-order valence-electron chi connectivity index (χ1n) is 6.26. The van der Waals surface area contributed by atoms with Crippen molar-refractivity contribution in [1.29, 1.82) is 0 Å². The molecule has 1 aromatic heterocycles. The number of nitrogens with one attached hydrogen (secondary N) is 1. The van der Waals surface area contributed by atoms with Crippen molar-refractivity contribution in [2.45, 2.75) is 6.92 Å². The number of hydrogen-bond donors (Lipinski definition) is 1. The van der Waals surface area contributed by atoms with E-state index in [4.69, 9.17) is 0 Å². The molecule has 3 rings (SSSR count). The summed E-state index contributed by atoms with van der Waals surface area (Å²) >= 11 is 3.61. The van der Waals surface area contributed by atoms with E-state index in [2.05, 4.69) is 56.3 Å². The van der Waals surface area contributed by atoms with Gasteiger partial charge in [0.2, 0.25) is 0 Å². The number of aromatic nitrogens is 1. The molecule has 1 aliphatic heterocycles. The average molecular weight is 306 g/mol. The molecule has 1 saturated heterocycles. The van der Waals surface area contributed by atoms with Crippen molar-refractivity contribution < 1.29 is 0 Å². The molecule has 18 heavy (non-hydrogen) atoms. The summed E-state index contributed by atoms with van der Waals surface area (Å²) in [5, 5.41) is 4.63. The quantitative estimate of drug-likeness (QED) is 0.878. The first-order valence-corrected chi connectivity index (χ1v) is 7.05. The minimum atomic E-state index is 1.05. The van der Waals surface area contributed by atoms with Crippen LogP contribution in [0.3, 0.4) is 0 Å². The van der Waals surface area contributed by atoms with E-state index in [9.17, 15) is 0 Å². The van der Waals surface area contributed by atoms with Gasteiger partial charge in [-0.2, -0.15) is 0 Å². The van der Waals surface area contributed by atoms with Crippen LogP contribution in [0.2, 0.25) is 0 Å². The molecule has 1 fully saturated rings. The Bertz CT molecular complexity index is 577. The van der Waals surface area contributed by atoms with Gasteiger partial charge in [0, 0.05) is 47.9 Å². The third-order valence-corrected chi connectivity index (χ3v) is 3.98. The number of rotatable bonds is 1. The lowest BCUT2D eigenvalue weighted by atomic mass is 10.1. The monoisotopic (exact) mass is 305 g/mol. The van der Waals surface area contributed by atoms with Gasteiger partial charge in [-0.3, -0.25) is 4.98 Å². The van der Waals surface area contributed by atoms with Crippen LogP contribution in [-0.2, 0) is 0 Å². The van der Waals surface area contributed by atoms with E-state index in [0.29, 0.717) is 0 Å². The van der Waals surface area contributed by atoms with Crippen LogP contribution in [0.15, 0.2) is 28.9 Å². The number of anilines is 1. The zero-order valence-electron chi connectivity index (χ0n) is 10.4. The van der Waals surface area contributed by atoms with Crippen LogP contribution < -0.4 is 10.2 Å². The molecule has 2 heterocycles. The smallest absolute Gasteiger partial charge is 0.0864 e. The van der Waals surface area contributed by atoms with Crippen LogP contribution in [0, 0.1) is 6.92 Å². The van der Waals surface area contributed by atoms with Crippen molar-refractivity contribution >= 4 is 32.5 Å². The normalized spacial score (nSPS) is 16.2. The van der Waals surface area contributed by atoms with Gasteiger partial charge in [-0.15, -0.1) is 0 Å². The Balaban J connectivity index is 2.16. The van der Waals surface area contributed by atoms with Gasteiger partial charge in [0.05, 0.1) is 5.52 Å². The van der Waals surface area contributed by atoms with Crippen molar-refractivity contribution in [3.8, 4) is 0 Å². The molecular formula is C14H16BrN3. The zero-order chi connectivity index (χ0) is 12.5. The summed E-state index contributed by atoms with van der Waals surface area (Å²) < 4.78 is 1.08. The second-order valence-corrected chi connectivity index (χ2v) is 5.56. The molecule has 0 saturated carbocycles. The minimum absolute atomic E-state index is 1.05. The lowest BCUT2D eigenvalue weighted by Gasteiger charge is -2.30. The molecule has 0 aliphatic carbocycles. The summed E-state index contributed by atoms with van der Waals surface area (Å²) in [7, 11) is 0. The molecule has 4 heteroatoms. The van der Waals surface area contributed by atoms with Gasteiger partial charge < -0.3 is 10.2 Å². The van der Waals surface area contributed by atoms with Gasteiger partial charge in [0.25, 0.3) is 0 Å². The molecule has 0 amide bonds. The van der Waals surface area contributed by atoms with Gasteiger partial charge in [0.15, 0.2) is 0 Å². The summed E-state index contributed by atoms with van der Waals surface area (Å²) in [5.74, 6) is 0. The van der Waals surface area contributed by atoms with Gasteiger partial charge in [0.1, 0.15) is 0 Å². The average Bonchev–Trinajstić information content (AvgIpc) is 2.39. The van der Waals surface area contributed by atoms with Crippen molar-refractivity contribution in [3.05, 3.63) is 34.4 Å². The second-order valence-electron chi connectivity index (χ2n) is 4.71. The lowest BCUT2D eigenvalue weighted by Crippen LogP contribution is -2.43. The molecule has 0 atom stereocenters. The number of pyridine rings is 1. The first-order chi connectivity index (χ1) is 8.75. The summed E-state index contributed by atoms with van der Waals surface area (Å²) in [6.07, 6.45) is 1.90. The predicted octanol–water partition coefficient (Wildman–Crippen LogP) is 2.72. The Morgan fingerprint density at radius 3 is 2.83 bits per heavy atom. The summed E-state index contributed by atoms with van der Waals surface area (Å²) in [6, 6.07) is 6.47. The van der Waals surface area contributed by atoms with Crippen LogP contribution >= 0.6 is 15.9 Å². The fourth-order valence-corrected chi connectivity index (χ4v) is 3.19. The second kappa shape index (κ2) is 4.86. The topological polar surface area (TPSA) is 28.2 Å². The maximum absolute atomic E-state index is 4.49. The van der Waals surface area contributed by atoms with E-state index in [-0.39, 0.29) is 0 Å². The van der Waals surface area contributed by atoms with E-state index >= 15 is 0 Å².